The van der Waals surface area contributed by atoms with E-state index in [-0.39, 0.29) is 24.2 Å². The smallest absolute Gasteiger partial charge is 0.229 e. The Kier molecular flexibility index (Phi) is 4.58. The predicted molar refractivity (Wildman–Crippen MR) is 96.5 cm³/mol. The van der Waals surface area contributed by atoms with E-state index in [1.165, 1.54) is 5.56 Å². The fraction of sp³-hybridized carbons (Fsp3) is 0.263. The summed E-state index contributed by atoms with van der Waals surface area (Å²) in [6.45, 7) is 4.38. The van der Waals surface area contributed by atoms with Crippen molar-refractivity contribution in [2.75, 3.05) is 16.8 Å². The van der Waals surface area contributed by atoms with Crippen molar-refractivity contribution < 1.29 is 9.59 Å². The van der Waals surface area contributed by atoms with Crippen molar-refractivity contribution in [3.63, 3.8) is 0 Å². The monoisotopic (exact) mass is 342 g/mol. The standard InChI is InChI=1S/C19H19ClN2O2/c1-12-7-8-15(9-13(12)2)21-19(24)14-10-18(23)22(11-14)17-6-4-3-5-16(17)20/h3-9,14H,10-11H2,1-2H3,(H,21,24)/t14-/m0/s1. The van der Waals surface area contributed by atoms with Gasteiger partial charge in [-0.2, -0.15) is 0 Å². The Bertz CT molecular complexity index is 804. The van der Waals surface area contributed by atoms with Gasteiger partial charge in [-0.3, -0.25) is 9.59 Å². The van der Waals surface area contributed by atoms with Crippen molar-refractivity contribution in [2.24, 2.45) is 5.92 Å². The molecule has 1 aliphatic heterocycles. The van der Waals surface area contributed by atoms with E-state index in [1.807, 2.05) is 44.2 Å². The number of benzene rings is 2. The minimum atomic E-state index is -0.379. The molecule has 0 aromatic heterocycles. The Hall–Kier alpha value is -2.33. The lowest BCUT2D eigenvalue weighted by Gasteiger charge is -2.18. The molecule has 3 rings (SSSR count). The minimum Gasteiger partial charge on any atom is -0.326 e. The van der Waals surface area contributed by atoms with E-state index in [0.717, 1.165) is 11.3 Å². The van der Waals surface area contributed by atoms with Gasteiger partial charge in [0.2, 0.25) is 11.8 Å². The number of halogens is 1. The van der Waals surface area contributed by atoms with Gasteiger partial charge in [-0.25, -0.2) is 0 Å². The van der Waals surface area contributed by atoms with Gasteiger partial charge in [0.25, 0.3) is 0 Å². The van der Waals surface area contributed by atoms with Gasteiger partial charge in [0.15, 0.2) is 0 Å². The quantitative estimate of drug-likeness (QED) is 0.918. The Labute approximate surface area is 146 Å². The van der Waals surface area contributed by atoms with Crippen molar-refractivity contribution in [2.45, 2.75) is 20.3 Å². The van der Waals surface area contributed by atoms with Crippen LogP contribution >= 0.6 is 11.6 Å². The van der Waals surface area contributed by atoms with Crippen molar-refractivity contribution in [3.05, 3.63) is 58.6 Å². The summed E-state index contributed by atoms with van der Waals surface area (Å²) in [5.74, 6) is -0.597. The highest BCUT2D eigenvalue weighted by Crippen LogP contribution is 2.31. The van der Waals surface area contributed by atoms with E-state index in [1.54, 1.807) is 17.0 Å². The molecule has 1 aliphatic rings. The SMILES string of the molecule is Cc1ccc(NC(=O)[C@H]2CC(=O)N(c3ccccc3Cl)C2)cc1C. The lowest BCUT2D eigenvalue weighted by Crippen LogP contribution is -2.28. The van der Waals surface area contributed by atoms with Crippen LogP contribution in [-0.4, -0.2) is 18.4 Å². The summed E-state index contributed by atoms with van der Waals surface area (Å²) in [5.41, 5.74) is 3.71. The maximum Gasteiger partial charge on any atom is 0.229 e. The van der Waals surface area contributed by atoms with Gasteiger partial charge >= 0.3 is 0 Å². The predicted octanol–water partition coefficient (Wildman–Crippen LogP) is 3.95. The average Bonchev–Trinajstić information content (AvgIpc) is 2.93. The molecular weight excluding hydrogens is 324 g/mol. The topological polar surface area (TPSA) is 49.4 Å². The zero-order chi connectivity index (χ0) is 17.3. The van der Waals surface area contributed by atoms with Gasteiger partial charge in [-0.05, 0) is 49.2 Å². The number of carbonyl (C=O) groups is 2. The third-order valence-electron chi connectivity index (χ3n) is 4.41. The van der Waals surface area contributed by atoms with Gasteiger partial charge in [0.05, 0.1) is 16.6 Å². The molecule has 0 saturated carbocycles. The van der Waals surface area contributed by atoms with Crippen LogP contribution in [0, 0.1) is 19.8 Å². The number of carbonyl (C=O) groups excluding carboxylic acids is 2. The molecule has 24 heavy (non-hydrogen) atoms. The van der Waals surface area contributed by atoms with Crippen LogP contribution in [0.4, 0.5) is 11.4 Å². The van der Waals surface area contributed by atoms with E-state index >= 15 is 0 Å². The molecule has 1 heterocycles. The van der Waals surface area contributed by atoms with E-state index in [0.29, 0.717) is 17.3 Å². The van der Waals surface area contributed by atoms with Crippen LogP contribution in [0.1, 0.15) is 17.5 Å². The molecule has 1 fully saturated rings. The third-order valence-corrected chi connectivity index (χ3v) is 4.73. The molecule has 2 aromatic rings. The lowest BCUT2D eigenvalue weighted by atomic mass is 10.1. The number of anilines is 2. The van der Waals surface area contributed by atoms with Crippen LogP contribution in [0.25, 0.3) is 0 Å². The fourth-order valence-corrected chi connectivity index (χ4v) is 3.09. The molecule has 0 bridgehead atoms. The van der Waals surface area contributed by atoms with Gasteiger partial charge in [-0.1, -0.05) is 29.8 Å². The molecule has 124 valence electrons. The van der Waals surface area contributed by atoms with Crippen LogP contribution in [0.5, 0.6) is 0 Å². The molecule has 1 saturated heterocycles. The van der Waals surface area contributed by atoms with Crippen molar-refractivity contribution in [1.82, 2.24) is 0 Å². The molecule has 4 nitrogen and oxygen atoms in total. The summed E-state index contributed by atoms with van der Waals surface area (Å²) >= 11 is 6.16. The number of rotatable bonds is 3. The van der Waals surface area contributed by atoms with Crippen LogP contribution in [-0.2, 0) is 9.59 Å². The highest BCUT2D eigenvalue weighted by atomic mass is 35.5. The van der Waals surface area contributed by atoms with Crippen LogP contribution in [0.2, 0.25) is 5.02 Å². The first-order valence-electron chi connectivity index (χ1n) is 7.88. The zero-order valence-electron chi connectivity index (χ0n) is 13.7. The molecule has 2 aromatic carbocycles. The van der Waals surface area contributed by atoms with Crippen LogP contribution < -0.4 is 10.2 Å². The zero-order valence-corrected chi connectivity index (χ0v) is 14.4. The molecule has 0 aliphatic carbocycles. The molecule has 0 spiro atoms. The van der Waals surface area contributed by atoms with Gasteiger partial charge in [0.1, 0.15) is 0 Å². The Morgan fingerprint density at radius 1 is 1.17 bits per heavy atom. The Morgan fingerprint density at radius 3 is 2.62 bits per heavy atom. The summed E-state index contributed by atoms with van der Waals surface area (Å²) in [7, 11) is 0. The fourth-order valence-electron chi connectivity index (χ4n) is 2.85. The Morgan fingerprint density at radius 2 is 1.92 bits per heavy atom. The summed E-state index contributed by atoms with van der Waals surface area (Å²) in [6, 6.07) is 13.0. The number of amides is 2. The normalized spacial score (nSPS) is 17.2. The molecule has 0 radical (unpaired) electrons. The van der Waals surface area contributed by atoms with Gasteiger partial charge in [-0.15, -0.1) is 0 Å². The largest absolute Gasteiger partial charge is 0.326 e. The van der Waals surface area contributed by atoms with Gasteiger partial charge in [0, 0.05) is 18.7 Å². The lowest BCUT2D eigenvalue weighted by molar-refractivity contribution is -0.122. The summed E-state index contributed by atoms with van der Waals surface area (Å²) in [5, 5.41) is 3.42. The second-order valence-corrected chi connectivity index (χ2v) is 6.55. The number of hydrogen-bond acceptors (Lipinski definition) is 2. The first-order chi connectivity index (χ1) is 11.5. The number of para-hydroxylation sites is 1. The van der Waals surface area contributed by atoms with E-state index < -0.39 is 0 Å². The highest BCUT2D eigenvalue weighted by Gasteiger charge is 2.35. The first-order valence-corrected chi connectivity index (χ1v) is 8.26. The van der Waals surface area contributed by atoms with Crippen LogP contribution in [0.15, 0.2) is 42.5 Å². The Balaban J connectivity index is 1.72. The van der Waals surface area contributed by atoms with Gasteiger partial charge < -0.3 is 10.2 Å². The van der Waals surface area contributed by atoms with E-state index in [2.05, 4.69) is 5.32 Å². The van der Waals surface area contributed by atoms with E-state index in [4.69, 9.17) is 11.6 Å². The first kappa shape index (κ1) is 16.5. The number of hydrogen-bond donors (Lipinski definition) is 1. The summed E-state index contributed by atoms with van der Waals surface area (Å²) in [4.78, 5) is 26.4. The minimum absolute atomic E-state index is 0.0802. The maximum absolute atomic E-state index is 12.5. The molecule has 5 heteroatoms. The molecule has 1 atom stereocenters. The third kappa shape index (κ3) is 3.29. The molecule has 0 unspecified atom stereocenters. The molecule has 1 N–H and O–H groups in total. The molecular formula is C19H19ClN2O2. The van der Waals surface area contributed by atoms with Crippen molar-refractivity contribution in [3.8, 4) is 0 Å². The van der Waals surface area contributed by atoms with Crippen molar-refractivity contribution in [1.29, 1.82) is 0 Å². The summed E-state index contributed by atoms with van der Waals surface area (Å²) < 4.78 is 0. The number of nitrogens with zero attached hydrogens (tertiary/aromatic N) is 1. The summed E-state index contributed by atoms with van der Waals surface area (Å²) in [6.07, 6.45) is 0.196. The highest BCUT2D eigenvalue weighted by molar-refractivity contribution is 6.33. The maximum atomic E-state index is 12.5. The van der Waals surface area contributed by atoms with Crippen molar-refractivity contribution >= 4 is 34.8 Å². The van der Waals surface area contributed by atoms with Crippen LogP contribution in [0.3, 0.4) is 0 Å². The van der Waals surface area contributed by atoms with E-state index in [9.17, 15) is 9.59 Å². The second-order valence-electron chi connectivity index (χ2n) is 6.15. The molecule has 2 amide bonds. The second kappa shape index (κ2) is 6.65. The number of aryl methyl sites for hydroxylation is 2. The number of nitrogens with one attached hydrogen (secondary N) is 1. The average molecular weight is 343 g/mol.